The molecule has 52 valence electrons. The Kier molecular flexibility index (Phi) is 1010. The van der Waals surface area contributed by atoms with Crippen molar-refractivity contribution in [3.63, 3.8) is 0 Å². The van der Waals surface area contributed by atoms with Crippen molar-refractivity contribution >= 4 is 101 Å². The van der Waals surface area contributed by atoms with E-state index in [4.69, 9.17) is 0 Å². The van der Waals surface area contributed by atoms with Crippen LogP contribution >= 0.6 is 66.6 Å². The van der Waals surface area contributed by atoms with Gasteiger partial charge in [-0.2, -0.15) is 0 Å². The molecule has 0 radical (unpaired) electrons. The molecule has 0 aliphatic heterocycles. The standard InChI is InChI=1S/2Al.BrH.4ClH.6H/h;;5*1H;;;;;;. The van der Waals surface area contributed by atoms with Crippen molar-refractivity contribution in [3.8, 4) is 0 Å². The van der Waals surface area contributed by atoms with Gasteiger partial charge in [-0.25, -0.2) is 0 Å². The van der Waals surface area contributed by atoms with Crippen LogP contribution in [0.1, 0.15) is 0 Å². The van der Waals surface area contributed by atoms with Gasteiger partial charge in [0.15, 0.2) is 34.7 Å². The molecule has 7 heteroatoms. The van der Waals surface area contributed by atoms with E-state index in [9.17, 15) is 0 Å². The Morgan fingerprint density at radius 1 is 0.429 bits per heavy atom. The second kappa shape index (κ2) is 70.6. The van der Waals surface area contributed by atoms with Gasteiger partial charge in [0.05, 0.1) is 0 Å². The summed E-state index contributed by atoms with van der Waals surface area (Å²) >= 11 is 0. The highest BCUT2D eigenvalue weighted by molar-refractivity contribution is 8.93. The number of hydrogen-bond acceptors (Lipinski definition) is 0. The molecule has 0 N–H and O–H groups in total. The Balaban J connectivity index is 0. The van der Waals surface area contributed by atoms with Crippen LogP contribution in [-0.2, 0) is 0 Å². The van der Waals surface area contributed by atoms with Gasteiger partial charge in [0.25, 0.3) is 0 Å². The molecule has 0 saturated heterocycles. The van der Waals surface area contributed by atoms with Crippen molar-refractivity contribution in [1.29, 1.82) is 0 Å². The van der Waals surface area contributed by atoms with Gasteiger partial charge >= 0.3 is 0 Å². The predicted molar refractivity (Wildman–Crippen MR) is 59.2 cm³/mol. The first-order chi connectivity index (χ1) is 0. The lowest BCUT2D eigenvalue weighted by Crippen LogP contribution is -0.382. The largest absolute Gasteiger partial charge is 0.187 e. The Morgan fingerprint density at radius 3 is 0.429 bits per heavy atom. The fourth-order valence-corrected chi connectivity index (χ4v) is 0. The minimum atomic E-state index is 0. The molecule has 0 aromatic carbocycles. The third-order valence-corrected chi connectivity index (χ3v) is 0. The van der Waals surface area contributed by atoms with E-state index in [-0.39, 0.29) is 101 Å². The van der Waals surface area contributed by atoms with Gasteiger partial charge in [-0.15, -0.1) is 66.6 Å². The van der Waals surface area contributed by atoms with Gasteiger partial charge in [-0.05, 0) is 0 Å². The number of halogens is 5. The van der Waals surface area contributed by atoms with Crippen LogP contribution in [-0.4, -0.2) is 34.7 Å². The van der Waals surface area contributed by atoms with Crippen LogP contribution in [0.5, 0.6) is 0 Å². The van der Waals surface area contributed by atoms with Crippen LogP contribution in [0.4, 0.5) is 0 Å². The van der Waals surface area contributed by atoms with Crippen LogP contribution in [0.15, 0.2) is 0 Å². The van der Waals surface area contributed by atoms with E-state index < -0.39 is 0 Å². The molecular formula is H11Al2BrCl4. The van der Waals surface area contributed by atoms with E-state index in [1.165, 1.54) is 0 Å². The summed E-state index contributed by atoms with van der Waals surface area (Å²) in [7, 11) is 0. The highest BCUT2D eigenvalue weighted by Crippen LogP contribution is 0.846. The average molecular weight is 287 g/mol. The molecule has 7 heavy (non-hydrogen) atoms. The molecule has 0 atom stereocenters. The zero-order valence-corrected chi connectivity index (χ0v) is 7.02. The lowest BCUT2D eigenvalue weighted by Gasteiger charge is -0.148. The zero-order valence-electron chi connectivity index (χ0n) is 2.04. The molecule has 0 aliphatic carbocycles. The maximum Gasteiger partial charge on any atom is 0.187 e. The summed E-state index contributed by atoms with van der Waals surface area (Å²) in [5, 5.41) is 0. The van der Waals surface area contributed by atoms with Gasteiger partial charge in [0.1, 0.15) is 0 Å². The molecule has 0 rings (SSSR count). The normalized spacial score (nSPS) is 0. The molecule has 0 aromatic rings. The van der Waals surface area contributed by atoms with Gasteiger partial charge in [0, 0.05) is 0 Å². The lowest BCUT2D eigenvalue weighted by molar-refractivity contribution is 5.75. The first-order valence-electron chi connectivity index (χ1n) is 0. The smallest absolute Gasteiger partial charge is 0.147 e. The summed E-state index contributed by atoms with van der Waals surface area (Å²) in [5.41, 5.74) is 0. The number of rotatable bonds is 0. The Bertz CT molecular complexity index is 9.65. The van der Waals surface area contributed by atoms with Crippen molar-refractivity contribution < 1.29 is 0 Å². The Hall–Kier alpha value is 2.70. The van der Waals surface area contributed by atoms with Crippen molar-refractivity contribution in [3.05, 3.63) is 0 Å². The van der Waals surface area contributed by atoms with Gasteiger partial charge in [-0.3, -0.25) is 0 Å². The van der Waals surface area contributed by atoms with Gasteiger partial charge in [-0.1, -0.05) is 0 Å². The minimum Gasteiger partial charge on any atom is -0.147 e. The maximum absolute atomic E-state index is 0. The summed E-state index contributed by atoms with van der Waals surface area (Å²) in [5.74, 6) is 0. The predicted octanol–water partition coefficient (Wildman–Crippen LogP) is -0.103. The zero-order chi connectivity index (χ0) is 0. The molecule has 0 unspecified atom stereocenters. The first-order valence-corrected chi connectivity index (χ1v) is 0. The van der Waals surface area contributed by atoms with Crippen LogP contribution in [0.25, 0.3) is 0 Å². The van der Waals surface area contributed by atoms with E-state index in [1.807, 2.05) is 0 Å². The van der Waals surface area contributed by atoms with E-state index >= 15 is 0 Å². The third kappa shape index (κ3) is 53.5. The summed E-state index contributed by atoms with van der Waals surface area (Å²) in [4.78, 5) is 0. The molecule has 0 saturated carbocycles. The molecule has 0 bridgehead atoms. The molecule has 0 nitrogen and oxygen atoms in total. The van der Waals surface area contributed by atoms with Crippen molar-refractivity contribution in [2.24, 2.45) is 0 Å². The maximum atomic E-state index is 0. The topological polar surface area (TPSA) is 0 Å². The Morgan fingerprint density at radius 2 is 0.429 bits per heavy atom. The molecule has 0 fully saturated rings. The van der Waals surface area contributed by atoms with Crippen LogP contribution < -0.4 is 0 Å². The van der Waals surface area contributed by atoms with E-state index in [0.29, 0.717) is 0 Å². The third-order valence-electron chi connectivity index (χ3n) is 0. The summed E-state index contributed by atoms with van der Waals surface area (Å²) < 4.78 is 0. The second-order valence-corrected chi connectivity index (χ2v) is 0. The summed E-state index contributed by atoms with van der Waals surface area (Å²) in [6.45, 7) is 0. The van der Waals surface area contributed by atoms with E-state index in [0.717, 1.165) is 0 Å². The van der Waals surface area contributed by atoms with Crippen LogP contribution in [0.2, 0.25) is 0 Å². The monoisotopic (exact) mass is 284 g/mol. The first kappa shape index (κ1) is 101. The molecule has 0 heterocycles. The van der Waals surface area contributed by atoms with Crippen molar-refractivity contribution in [2.45, 2.75) is 0 Å². The summed E-state index contributed by atoms with van der Waals surface area (Å²) in [6.07, 6.45) is 0. The number of hydrogen-bond donors (Lipinski definition) is 0. The van der Waals surface area contributed by atoms with Crippen LogP contribution in [0, 0.1) is 0 Å². The van der Waals surface area contributed by atoms with E-state index in [1.54, 1.807) is 0 Å². The van der Waals surface area contributed by atoms with Gasteiger partial charge < -0.3 is 0 Å². The average Bonchev–Trinajstić information content (AvgIpc) is 0. The second-order valence-electron chi connectivity index (χ2n) is 0. The lowest BCUT2D eigenvalue weighted by atomic mass is 27.0. The molecule has 0 amide bonds. The molecule has 0 aromatic heterocycles. The van der Waals surface area contributed by atoms with Gasteiger partial charge in [0.2, 0.25) is 0 Å². The highest BCUT2D eigenvalue weighted by atomic mass is 79.9. The summed E-state index contributed by atoms with van der Waals surface area (Å²) in [6, 6.07) is 0. The van der Waals surface area contributed by atoms with E-state index in [2.05, 4.69) is 0 Å². The fourth-order valence-electron chi connectivity index (χ4n) is 0. The SMILES string of the molecule is Br.Cl.Cl.Cl.Cl.[AlH3].[AlH3]. The molecule has 0 aliphatic rings. The minimum absolute atomic E-state index is 0. The fraction of sp³-hybridized carbons (Fsp3) is 0. The molecule has 0 spiro atoms. The Labute approximate surface area is 100 Å². The quantitative estimate of drug-likeness (QED) is 0.546. The van der Waals surface area contributed by atoms with Crippen LogP contribution in [0.3, 0.4) is 0 Å². The van der Waals surface area contributed by atoms with Crippen molar-refractivity contribution in [1.82, 2.24) is 0 Å². The highest BCUT2D eigenvalue weighted by Gasteiger charge is 0.188. The van der Waals surface area contributed by atoms with Crippen molar-refractivity contribution in [2.75, 3.05) is 0 Å². The molecular weight excluding hydrogens is 276 g/mol.